The molecule has 0 radical (unpaired) electrons. The van der Waals surface area contributed by atoms with Gasteiger partial charge in [-0.25, -0.2) is 9.78 Å². The van der Waals surface area contributed by atoms with Crippen LogP contribution in [-0.4, -0.2) is 22.4 Å². The van der Waals surface area contributed by atoms with Crippen molar-refractivity contribution in [3.8, 4) is 11.5 Å². The van der Waals surface area contributed by atoms with Crippen LogP contribution in [0.2, 0.25) is 0 Å². The van der Waals surface area contributed by atoms with E-state index in [4.69, 9.17) is 9.47 Å². The number of benzene rings is 2. The summed E-state index contributed by atoms with van der Waals surface area (Å²) in [6, 6.07) is 13.1. The van der Waals surface area contributed by atoms with Gasteiger partial charge in [0.15, 0.2) is 11.5 Å². The summed E-state index contributed by atoms with van der Waals surface area (Å²) in [7, 11) is 0. The van der Waals surface area contributed by atoms with Gasteiger partial charge in [0.1, 0.15) is 0 Å². The van der Waals surface area contributed by atoms with Gasteiger partial charge in [-0.05, 0) is 23.3 Å². The Morgan fingerprint density at radius 1 is 1.08 bits per heavy atom. The summed E-state index contributed by atoms with van der Waals surface area (Å²) in [6.45, 7) is 1.43. The van der Waals surface area contributed by atoms with Crippen LogP contribution in [0, 0.1) is 0 Å². The molecule has 0 saturated heterocycles. The molecule has 2 amide bonds. The second-order valence-electron chi connectivity index (χ2n) is 5.93. The van der Waals surface area contributed by atoms with E-state index in [1.165, 1.54) is 5.56 Å². The molecular formula is C19H18N4O3. The zero-order chi connectivity index (χ0) is 17.8. The van der Waals surface area contributed by atoms with E-state index in [0.717, 1.165) is 12.1 Å². The Balaban J connectivity index is 1.28. The minimum Gasteiger partial charge on any atom is -0.454 e. The van der Waals surface area contributed by atoms with Crippen LogP contribution >= 0.6 is 0 Å². The van der Waals surface area contributed by atoms with Crippen molar-refractivity contribution in [1.82, 2.24) is 14.9 Å². The third-order valence-corrected chi connectivity index (χ3v) is 4.03. The van der Waals surface area contributed by atoms with E-state index < -0.39 is 0 Å². The van der Waals surface area contributed by atoms with Gasteiger partial charge in [-0.3, -0.25) is 0 Å². The fraction of sp³-hybridized carbons (Fsp3) is 0.158. The van der Waals surface area contributed by atoms with E-state index in [-0.39, 0.29) is 12.8 Å². The minimum absolute atomic E-state index is 0.210. The summed E-state index contributed by atoms with van der Waals surface area (Å²) in [5.74, 6) is 1.32. The molecule has 1 aliphatic heterocycles. The summed E-state index contributed by atoms with van der Waals surface area (Å²) >= 11 is 0. The van der Waals surface area contributed by atoms with E-state index in [1.807, 2.05) is 35.0 Å². The molecule has 0 aliphatic carbocycles. The summed E-state index contributed by atoms with van der Waals surface area (Å²) in [5.41, 5.74) is 2.86. The maximum Gasteiger partial charge on any atom is 0.319 e. The molecule has 0 spiro atoms. The summed E-state index contributed by atoms with van der Waals surface area (Å²) in [6.07, 6.45) is 5.48. The molecule has 1 aliphatic rings. The van der Waals surface area contributed by atoms with Crippen molar-refractivity contribution >= 4 is 11.7 Å². The first kappa shape index (κ1) is 16.0. The van der Waals surface area contributed by atoms with E-state index in [9.17, 15) is 4.79 Å². The fourth-order valence-corrected chi connectivity index (χ4v) is 2.69. The molecule has 2 aromatic carbocycles. The maximum atomic E-state index is 12.1. The molecule has 0 fully saturated rings. The average molecular weight is 350 g/mol. The average Bonchev–Trinajstić information content (AvgIpc) is 3.32. The topological polar surface area (TPSA) is 77.4 Å². The van der Waals surface area contributed by atoms with Crippen LogP contribution in [0.25, 0.3) is 0 Å². The number of imidazole rings is 1. The second-order valence-corrected chi connectivity index (χ2v) is 5.93. The maximum absolute atomic E-state index is 12.1. The lowest BCUT2D eigenvalue weighted by Crippen LogP contribution is -2.28. The number of anilines is 1. The first-order chi connectivity index (χ1) is 12.8. The molecule has 2 heterocycles. The van der Waals surface area contributed by atoms with E-state index in [1.54, 1.807) is 30.7 Å². The van der Waals surface area contributed by atoms with Gasteiger partial charge in [0.2, 0.25) is 6.79 Å². The number of aromatic nitrogens is 2. The molecule has 0 saturated carbocycles. The summed E-state index contributed by atoms with van der Waals surface area (Å²) < 4.78 is 12.6. The van der Waals surface area contributed by atoms with Crippen molar-refractivity contribution in [3.63, 3.8) is 0 Å². The Hall–Kier alpha value is -3.48. The zero-order valence-corrected chi connectivity index (χ0v) is 14.0. The number of nitrogens with zero attached hydrogens (tertiary/aromatic N) is 2. The third kappa shape index (κ3) is 3.77. The van der Waals surface area contributed by atoms with Crippen LogP contribution in [0.15, 0.2) is 61.2 Å². The van der Waals surface area contributed by atoms with Crippen LogP contribution in [0.4, 0.5) is 10.5 Å². The monoisotopic (exact) mass is 350 g/mol. The molecule has 4 rings (SSSR count). The smallest absolute Gasteiger partial charge is 0.319 e. The SMILES string of the molecule is O=C(NCc1ccc(Cn2ccnc2)cc1)Nc1ccc2c(c1)OCO2. The third-order valence-electron chi connectivity index (χ3n) is 4.03. The lowest BCUT2D eigenvalue weighted by atomic mass is 10.1. The van der Waals surface area contributed by atoms with Crippen molar-refractivity contribution in [2.45, 2.75) is 13.1 Å². The Morgan fingerprint density at radius 2 is 1.88 bits per heavy atom. The Bertz CT molecular complexity index is 892. The molecule has 0 bridgehead atoms. The highest BCUT2D eigenvalue weighted by Gasteiger charge is 2.14. The predicted octanol–water partition coefficient (Wildman–Crippen LogP) is 2.98. The predicted molar refractivity (Wildman–Crippen MR) is 96.2 cm³/mol. The number of amides is 2. The number of rotatable bonds is 5. The molecule has 0 unspecified atom stereocenters. The Labute approximate surface area is 150 Å². The van der Waals surface area contributed by atoms with E-state index >= 15 is 0 Å². The number of ether oxygens (including phenoxy) is 2. The summed E-state index contributed by atoms with van der Waals surface area (Å²) in [5, 5.41) is 5.63. The summed E-state index contributed by atoms with van der Waals surface area (Å²) in [4.78, 5) is 16.1. The molecule has 2 N–H and O–H groups in total. The number of fused-ring (bicyclic) bond motifs is 1. The van der Waals surface area contributed by atoms with Gasteiger partial charge in [0.25, 0.3) is 0 Å². The highest BCUT2D eigenvalue weighted by molar-refractivity contribution is 5.89. The molecule has 0 atom stereocenters. The van der Waals surface area contributed by atoms with Crippen LogP contribution in [-0.2, 0) is 13.1 Å². The van der Waals surface area contributed by atoms with Crippen molar-refractivity contribution < 1.29 is 14.3 Å². The molecule has 1 aromatic heterocycles. The van der Waals surface area contributed by atoms with E-state index in [0.29, 0.717) is 23.7 Å². The van der Waals surface area contributed by atoms with Gasteiger partial charge in [-0.15, -0.1) is 0 Å². The highest BCUT2D eigenvalue weighted by Crippen LogP contribution is 2.34. The lowest BCUT2D eigenvalue weighted by molar-refractivity contribution is 0.174. The number of carbonyl (C=O) groups is 1. The standard InChI is InChI=1S/C19H18N4O3/c24-19(22-16-5-6-17-18(9-16)26-13-25-17)21-10-14-1-3-15(4-2-14)11-23-8-7-20-12-23/h1-9,12H,10-11,13H2,(H2,21,22,24). The fourth-order valence-electron chi connectivity index (χ4n) is 2.69. The molecule has 26 heavy (non-hydrogen) atoms. The van der Waals surface area contributed by atoms with Crippen molar-refractivity contribution in [1.29, 1.82) is 0 Å². The molecular weight excluding hydrogens is 332 g/mol. The second kappa shape index (κ2) is 7.18. The minimum atomic E-state index is -0.272. The van der Waals surface area contributed by atoms with Crippen molar-refractivity contribution in [2.24, 2.45) is 0 Å². The normalized spacial score (nSPS) is 12.0. The number of nitrogens with one attached hydrogen (secondary N) is 2. The van der Waals surface area contributed by atoms with E-state index in [2.05, 4.69) is 15.6 Å². The van der Waals surface area contributed by atoms with Crippen molar-refractivity contribution in [2.75, 3.05) is 12.1 Å². The van der Waals surface area contributed by atoms with Gasteiger partial charge < -0.3 is 24.7 Å². The first-order valence-corrected chi connectivity index (χ1v) is 8.24. The number of hydrogen-bond acceptors (Lipinski definition) is 4. The van der Waals surface area contributed by atoms with Crippen LogP contribution in [0.5, 0.6) is 11.5 Å². The largest absolute Gasteiger partial charge is 0.454 e. The molecule has 3 aromatic rings. The van der Waals surface area contributed by atoms with Crippen LogP contribution in [0.1, 0.15) is 11.1 Å². The first-order valence-electron chi connectivity index (χ1n) is 8.24. The zero-order valence-electron chi connectivity index (χ0n) is 14.0. The van der Waals surface area contributed by atoms with Gasteiger partial charge in [0.05, 0.1) is 6.33 Å². The Morgan fingerprint density at radius 3 is 2.69 bits per heavy atom. The Kier molecular flexibility index (Phi) is 4.42. The van der Waals surface area contributed by atoms with Gasteiger partial charge in [-0.2, -0.15) is 0 Å². The van der Waals surface area contributed by atoms with Crippen LogP contribution < -0.4 is 20.1 Å². The number of urea groups is 1. The number of carbonyl (C=O) groups excluding carboxylic acids is 1. The molecule has 132 valence electrons. The van der Waals surface area contributed by atoms with Crippen LogP contribution in [0.3, 0.4) is 0 Å². The molecule has 7 heteroatoms. The van der Waals surface area contributed by atoms with Gasteiger partial charge in [-0.1, -0.05) is 24.3 Å². The van der Waals surface area contributed by atoms with Gasteiger partial charge >= 0.3 is 6.03 Å². The van der Waals surface area contributed by atoms with Crippen molar-refractivity contribution in [3.05, 3.63) is 72.3 Å². The van der Waals surface area contributed by atoms with Gasteiger partial charge in [0, 0.05) is 37.2 Å². The quantitative estimate of drug-likeness (QED) is 0.742. The molecule has 7 nitrogen and oxygen atoms in total. The number of hydrogen-bond donors (Lipinski definition) is 2. The highest BCUT2D eigenvalue weighted by atomic mass is 16.7. The lowest BCUT2D eigenvalue weighted by Gasteiger charge is -2.09.